The number of nitrogens with one attached hydrogen (secondary N) is 1. The fourth-order valence-corrected chi connectivity index (χ4v) is 3.97. The number of rotatable bonds is 4. The van der Waals surface area contributed by atoms with E-state index >= 15 is 0 Å². The van der Waals surface area contributed by atoms with Crippen LogP contribution in [-0.2, 0) is 6.54 Å². The first-order chi connectivity index (χ1) is 14.4. The summed E-state index contributed by atoms with van der Waals surface area (Å²) in [7, 11) is 0. The molecule has 30 heavy (non-hydrogen) atoms. The van der Waals surface area contributed by atoms with E-state index in [-0.39, 0.29) is 18.0 Å². The summed E-state index contributed by atoms with van der Waals surface area (Å²) < 4.78 is 0.718. The number of halogens is 1. The van der Waals surface area contributed by atoms with Crippen LogP contribution in [0.25, 0.3) is 10.9 Å². The third kappa shape index (κ3) is 4.07. The number of hydrogen-bond donors (Lipinski definition) is 1. The van der Waals surface area contributed by atoms with E-state index in [4.69, 9.17) is 0 Å². The Morgan fingerprint density at radius 2 is 1.70 bits per heavy atom. The normalized spacial score (nSPS) is 10.9. The maximum atomic E-state index is 13.5. The summed E-state index contributed by atoms with van der Waals surface area (Å²) in [5.41, 5.74) is 4.58. The summed E-state index contributed by atoms with van der Waals surface area (Å²) in [6, 6.07) is 22.8. The van der Waals surface area contributed by atoms with Crippen molar-refractivity contribution in [3.05, 3.63) is 110 Å². The van der Waals surface area contributed by atoms with Gasteiger partial charge >= 0.3 is 0 Å². The molecule has 150 valence electrons. The molecule has 0 aliphatic rings. The van der Waals surface area contributed by atoms with Crippen LogP contribution in [0, 0.1) is 13.8 Å². The predicted molar refractivity (Wildman–Crippen MR) is 125 cm³/mol. The van der Waals surface area contributed by atoms with Gasteiger partial charge in [0, 0.05) is 21.2 Å². The second-order valence-corrected chi connectivity index (χ2v) is 8.28. The Labute approximate surface area is 183 Å². The molecule has 0 atom stereocenters. The van der Waals surface area contributed by atoms with Gasteiger partial charge in [0.05, 0.1) is 12.1 Å². The van der Waals surface area contributed by atoms with E-state index in [1.807, 2.05) is 80.6 Å². The van der Waals surface area contributed by atoms with E-state index in [0.29, 0.717) is 11.1 Å². The van der Waals surface area contributed by atoms with Crippen molar-refractivity contribution >= 4 is 38.4 Å². The van der Waals surface area contributed by atoms with Crippen molar-refractivity contribution in [2.24, 2.45) is 0 Å². The van der Waals surface area contributed by atoms with Crippen molar-refractivity contribution in [2.75, 3.05) is 4.90 Å². The molecule has 0 unspecified atom stereocenters. The van der Waals surface area contributed by atoms with Crippen LogP contribution in [0.4, 0.5) is 5.69 Å². The van der Waals surface area contributed by atoms with Crippen LogP contribution >= 0.6 is 15.9 Å². The first-order valence-corrected chi connectivity index (χ1v) is 10.5. The topological polar surface area (TPSA) is 53.2 Å². The van der Waals surface area contributed by atoms with Crippen LogP contribution in [0.5, 0.6) is 0 Å². The fourth-order valence-electron chi connectivity index (χ4n) is 3.52. The summed E-state index contributed by atoms with van der Waals surface area (Å²) in [5, 5.41) is 0.946. The molecule has 0 spiro atoms. The summed E-state index contributed by atoms with van der Waals surface area (Å²) in [4.78, 5) is 30.9. The average molecular weight is 461 g/mol. The van der Waals surface area contributed by atoms with Gasteiger partial charge in [0.2, 0.25) is 0 Å². The average Bonchev–Trinajstić information content (AvgIpc) is 2.72. The molecule has 5 heteroatoms. The molecule has 1 N–H and O–H groups in total. The van der Waals surface area contributed by atoms with Gasteiger partial charge in [-0.25, -0.2) is 0 Å². The van der Waals surface area contributed by atoms with Gasteiger partial charge in [-0.3, -0.25) is 9.59 Å². The number of aryl methyl sites for hydroxylation is 2. The van der Waals surface area contributed by atoms with Gasteiger partial charge in [-0.1, -0.05) is 35.9 Å². The minimum Gasteiger partial charge on any atom is -0.322 e. The highest BCUT2D eigenvalue weighted by atomic mass is 79.9. The van der Waals surface area contributed by atoms with Crippen molar-refractivity contribution in [3.63, 3.8) is 0 Å². The largest absolute Gasteiger partial charge is 0.322 e. The van der Waals surface area contributed by atoms with E-state index < -0.39 is 0 Å². The number of carbonyl (C=O) groups excluding carboxylic acids is 1. The Balaban J connectivity index is 1.82. The third-order valence-corrected chi connectivity index (χ3v) is 5.76. The van der Waals surface area contributed by atoms with Crippen LogP contribution in [0.1, 0.15) is 27.0 Å². The molecule has 1 heterocycles. The van der Waals surface area contributed by atoms with Gasteiger partial charge in [-0.2, -0.15) is 0 Å². The molecule has 0 saturated heterocycles. The number of pyridine rings is 1. The summed E-state index contributed by atoms with van der Waals surface area (Å²) >= 11 is 3.48. The Hall–Kier alpha value is -3.18. The summed E-state index contributed by atoms with van der Waals surface area (Å²) in [6.45, 7) is 4.17. The van der Waals surface area contributed by atoms with Gasteiger partial charge in [-0.05, 0) is 83.2 Å². The Kier molecular flexibility index (Phi) is 5.55. The lowest BCUT2D eigenvalue weighted by Crippen LogP contribution is -2.33. The number of amides is 1. The number of aromatic nitrogens is 1. The molecule has 4 aromatic rings. The van der Waals surface area contributed by atoms with Gasteiger partial charge in [0.15, 0.2) is 0 Å². The Bertz CT molecular complexity index is 1310. The molecule has 4 nitrogen and oxygen atoms in total. The molecule has 1 amide bonds. The minimum absolute atomic E-state index is 0.169. The molecule has 0 radical (unpaired) electrons. The molecule has 1 aromatic heterocycles. The first kappa shape index (κ1) is 20.1. The van der Waals surface area contributed by atoms with Crippen molar-refractivity contribution in [2.45, 2.75) is 20.4 Å². The SMILES string of the molecule is Cc1cccc(N(Cc2cc3cc(C)ccc3[nH]c2=O)C(=O)c2ccccc2Br)c1. The zero-order valence-corrected chi connectivity index (χ0v) is 18.4. The fraction of sp³-hybridized carbons (Fsp3) is 0.120. The molecule has 0 bridgehead atoms. The lowest BCUT2D eigenvalue weighted by atomic mass is 10.1. The maximum Gasteiger partial charge on any atom is 0.259 e. The predicted octanol–water partition coefficient (Wildman–Crippen LogP) is 5.75. The molecular formula is C25H21BrN2O2. The smallest absolute Gasteiger partial charge is 0.259 e. The number of aromatic amines is 1. The highest BCUT2D eigenvalue weighted by Crippen LogP contribution is 2.25. The van der Waals surface area contributed by atoms with Crippen LogP contribution in [0.2, 0.25) is 0 Å². The molecule has 0 aliphatic heterocycles. The second-order valence-electron chi connectivity index (χ2n) is 7.42. The van der Waals surface area contributed by atoms with Gasteiger partial charge in [0.1, 0.15) is 0 Å². The number of fused-ring (bicyclic) bond motifs is 1. The van der Waals surface area contributed by atoms with E-state index in [2.05, 4.69) is 20.9 Å². The number of H-pyrrole nitrogens is 1. The molecular weight excluding hydrogens is 440 g/mol. The van der Waals surface area contributed by atoms with Gasteiger partial charge in [-0.15, -0.1) is 0 Å². The van der Waals surface area contributed by atoms with Crippen molar-refractivity contribution < 1.29 is 4.79 Å². The molecule has 0 fully saturated rings. The van der Waals surface area contributed by atoms with Crippen LogP contribution < -0.4 is 10.5 Å². The van der Waals surface area contributed by atoms with Crippen LogP contribution in [0.3, 0.4) is 0 Å². The zero-order chi connectivity index (χ0) is 21.3. The summed E-state index contributed by atoms with van der Waals surface area (Å²) in [6.07, 6.45) is 0. The van der Waals surface area contributed by atoms with Crippen molar-refractivity contribution in [1.82, 2.24) is 4.98 Å². The zero-order valence-electron chi connectivity index (χ0n) is 16.8. The monoisotopic (exact) mass is 460 g/mol. The molecule has 0 aliphatic carbocycles. The van der Waals surface area contributed by atoms with E-state index in [0.717, 1.165) is 32.2 Å². The van der Waals surface area contributed by atoms with Crippen molar-refractivity contribution in [3.8, 4) is 0 Å². The van der Waals surface area contributed by atoms with E-state index in [9.17, 15) is 9.59 Å². The Morgan fingerprint density at radius 1 is 0.933 bits per heavy atom. The van der Waals surface area contributed by atoms with Gasteiger partial charge < -0.3 is 9.88 Å². The minimum atomic E-state index is -0.191. The summed E-state index contributed by atoms with van der Waals surface area (Å²) in [5.74, 6) is -0.170. The van der Waals surface area contributed by atoms with Gasteiger partial charge in [0.25, 0.3) is 11.5 Å². The second kappa shape index (κ2) is 8.28. The number of hydrogen-bond acceptors (Lipinski definition) is 2. The first-order valence-electron chi connectivity index (χ1n) is 9.68. The number of anilines is 1. The van der Waals surface area contributed by atoms with E-state index in [1.165, 1.54) is 0 Å². The molecule has 4 rings (SSSR count). The lowest BCUT2D eigenvalue weighted by molar-refractivity contribution is 0.0984. The highest BCUT2D eigenvalue weighted by Gasteiger charge is 2.21. The molecule has 3 aromatic carbocycles. The number of benzene rings is 3. The quantitative estimate of drug-likeness (QED) is 0.421. The van der Waals surface area contributed by atoms with E-state index in [1.54, 1.807) is 11.0 Å². The van der Waals surface area contributed by atoms with Crippen LogP contribution in [0.15, 0.2) is 82.1 Å². The maximum absolute atomic E-state index is 13.5. The standard InChI is InChI=1S/C25H21BrN2O2/c1-16-6-5-7-20(13-16)28(25(30)21-8-3-4-9-22(21)26)15-19-14-18-12-17(2)10-11-23(18)27-24(19)29/h3-14H,15H2,1-2H3,(H,27,29). The molecule has 0 saturated carbocycles. The van der Waals surface area contributed by atoms with Crippen LogP contribution in [-0.4, -0.2) is 10.9 Å². The van der Waals surface area contributed by atoms with Crippen molar-refractivity contribution in [1.29, 1.82) is 0 Å². The third-order valence-electron chi connectivity index (χ3n) is 5.07. The Morgan fingerprint density at radius 3 is 2.47 bits per heavy atom. The number of carbonyl (C=O) groups is 1. The highest BCUT2D eigenvalue weighted by molar-refractivity contribution is 9.10. The number of nitrogens with zero attached hydrogens (tertiary/aromatic N) is 1. The lowest BCUT2D eigenvalue weighted by Gasteiger charge is -2.24.